The summed E-state index contributed by atoms with van der Waals surface area (Å²) in [5.74, 6) is 1.52. The Morgan fingerprint density at radius 1 is 1.53 bits per heavy atom. The lowest BCUT2D eigenvalue weighted by atomic mass is 9.84. The van der Waals surface area contributed by atoms with Gasteiger partial charge in [0, 0.05) is 11.9 Å². The Morgan fingerprint density at radius 2 is 2.27 bits per heavy atom. The fourth-order valence-electron chi connectivity index (χ4n) is 1.94. The highest BCUT2D eigenvalue weighted by Gasteiger charge is 2.28. The van der Waals surface area contributed by atoms with Crippen molar-refractivity contribution in [2.24, 2.45) is 13.0 Å². The molecule has 0 atom stereocenters. The average Bonchev–Trinajstić information content (AvgIpc) is 2.48. The summed E-state index contributed by atoms with van der Waals surface area (Å²) in [6, 6.07) is 0. The molecule has 1 heterocycles. The van der Waals surface area contributed by atoms with Gasteiger partial charge in [0.1, 0.15) is 0 Å². The van der Waals surface area contributed by atoms with E-state index in [-0.39, 0.29) is 0 Å². The minimum absolute atomic E-state index is 0.401. The Morgan fingerprint density at radius 3 is 2.80 bits per heavy atom. The van der Waals surface area contributed by atoms with Gasteiger partial charge < -0.3 is 0 Å². The Hall–Kier alpha value is -0.680. The van der Waals surface area contributed by atoms with Crippen molar-refractivity contribution in [2.75, 3.05) is 13.6 Å². The van der Waals surface area contributed by atoms with Crippen molar-refractivity contribution in [3.63, 3.8) is 0 Å². The molecule has 0 saturated heterocycles. The molecular formula is C9H16ClN5. The molecule has 0 aliphatic heterocycles. The zero-order valence-corrected chi connectivity index (χ0v) is 9.85. The molecule has 0 unspecified atom stereocenters. The van der Waals surface area contributed by atoms with Crippen LogP contribution in [0.1, 0.15) is 18.7 Å². The van der Waals surface area contributed by atoms with E-state index in [4.69, 9.17) is 11.6 Å². The molecule has 2 rings (SSSR count). The zero-order chi connectivity index (χ0) is 10.8. The molecule has 0 aromatic carbocycles. The van der Waals surface area contributed by atoms with Crippen LogP contribution in [0, 0.1) is 5.92 Å². The van der Waals surface area contributed by atoms with Crippen molar-refractivity contribution < 1.29 is 0 Å². The summed E-state index contributed by atoms with van der Waals surface area (Å²) in [7, 11) is 3.86. The number of nitrogens with zero attached hydrogens (tertiary/aromatic N) is 5. The second-order valence-electron chi connectivity index (χ2n) is 4.33. The van der Waals surface area contributed by atoms with Gasteiger partial charge >= 0.3 is 0 Å². The van der Waals surface area contributed by atoms with Crippen LogP contribution in [0.25, 0.3) is 0 Å². The lowest BCUT2D eigenvalue weighted by molar-refractivity contribution is 0.201. The second-order valence-corrected chi connectivity index (χ2v) is 4.94. The van der Waals surface area contributed by atoms with E-state index in [0.717, 1.165) is 37.7 Å². The SMILES string of the molecule is CN(Cc1nnn(C)n1)CC1CC(Cl)C1. The number of aryl methyl sites for hydroxylation is 1. The van der Waals surface area contributed by atoms with Crippen LogP contribution in [0.5, 0.6) is 0 Å². The molecule has 0 N–H and O–H groups in total. The van der Waals surface area contributed by atoms with Gasteiger partial charge in [-0.1, -0.05) is 0 Å². The molecule has 1 fully saturated rings. The molecule has 6 heteroatoms. The lowest BCUT2D eigenvalue weighted by Crippen LogP contribution is -2.34. The van der Waals surface area contributed by atoms with E-state index in [1.165, 1.54) is 4.80 Å². The van der Waals surface area contributed by atoms with Gasteiger partial charge in [-0.2, -0.15) is 4.80 Å². The van der Waals surface area contributed by atoms with Crippen LogP contribution in [-0.2, 0) is 13.6 Å². The smallest absolute Gasteiger partial charge is 0.188 e. The number of rotatable bonds is 4. The summed E-state index contributed by atoms with van der Waals surface area (Å²) in [6.07, 6.45) is 2.28. The second kappa shape index (κ2) is 4.45. The molecule has 0 spiro atoms. The topological polar surface area (TPSA) is 46.8 Å². The minimum atomic E-state index is 0.401. The molecule has 5 nitrogen and oxygen atoms in total. The van der Waals surface area contributed by atoms with Crippen LogP contribution in [0.2, 0.25) is 0 Å². The van der Waals surface area contributed by atoms with Crippen molar-refractivity contribution in [1.82, 2.24) is 25.1 Å². The molecule has 0 radical (unpaired) electrons. The van der Waals surface area contributed by atoms with Crippen LogP contribution in [0.15, 0.2) is 0 Å². The molecule has 1 aromatic heterocycles. The first-order valence-electron chi connectivity index (χ1n) is 5.19. The third-order valence-electron chi connectivity index (χ3n) is 2.71. The first-order valence-corrected chi connectivity index (χ1v) is 5.62. The highest BCUT2D eigenvalue weighted by molar-refractivity contribution is 6.21. The van der Waals surface area contributed by atoms with Crippen molar-refractivity contribution >= 4 is 11.6 Å². The maximum Gasteiger partial charge on any atom is 0.188 e. The Bertz CT molecular complexity index is 320. The number of aromatic nitrogens is 4. The third-order valence-corrected chi connectivity index (χ3v) is 3.07. The van der Waals surface area contributed by atoms with Gasteiger partial charge in [0.05, 0.1) is 13.6 Å². The van der Waals surface area contributed by atoms with Crippen molar-refractivity contribution in [3.8, 4) is 0 Å². The van der Waals surface area contributed by atoms with E-state index in [0.29, 0.717) is 5.38 Å². The number of hydrogen-bond donors (Lipinski definition) is 0. The zero-order valence-electron chi connectivity index (χ0n) is 9.10. The van der Waals surface area contributed by atoms with Crippen LogP contribution in [0.4, 0.5) is 0 Å². The van der Waals surface area contributed by atoms with Gasteiger partial charge in [0.2, 0.25) is 0 Å². The molecule has 0 bridgehead atoms. The molecule has 84 valence electrons. The first-order chi connectivity index (χ1) is 7.13. The third kappa shape index (κ3) is 2.89. The number of tetrazole rings is 1. The number of alkyl halides is 1. The molecule has 1 saturated carbocycles. The monoisotopic (exact) mass is 229 g/mol. The molecule has 1 aliphatic carbocycles. The number of hydrogen-bond acceptors (Lipinski definition) is 4. The largest absolute Gasteiger partial charge is 0.299 e. The number of halogens is 1. The summed E-state index contributed by atoms with van der Waals surface area (Å²) in [5.41, 5.74) is 0. The minimum Gasteiger partial charge on any atom is -0.299 e. The van der Waals surface area contributed by atoms with Gasteiger partial charge in [-0.25, -0.2) is 0 Å². The highest BCUT2D eigenvalue weighted by atomic mass is 35.5. The fourth-order valence-corrected chi connectivity index (χ4v) is 2.44. The van der Waals surface area contributed by atoms with E-state index in [2.05, 4.69) is 27.4 Å². The van der Waals surface area contributed by atoms with Gasteiger partial charge in [0.15, 0.2) is 5.82 Å². The highest BCUT2D eigenvalue weighted by Crippen LogP contribution is 2.32. The van der Waals surface area contributed by atoms with E-state index < -0.39 is 0 Å². The van der Waals surface area contributed by atoms with Crippen LogP contribution >= 0.6 is 11.6 Å². The summed E-state index contributed by atoms with van der Waals surface area (Å²) < 4.78 is 0. The molecular weight excluding hydrogens is 214 g/mol. The van der Waals surface area contributed by atoms with Gasteiger partial charge in [0.25, 0.3) is 0 Å². The summed E-state index contributed by atoms with van der Waals surface area (Å²) in [5, 5.41) is 12.3. The van der Waals surface area contributed by atoms with Crippen LogP contribution in [0.3, 0.4) is 0 Å². The Labute approximate surface area is 94.4 Å². The lowest BCUT2D eigenvalue weighted by Gasteiger charge is -2.33. The maximum absolute atomic E-state index is 5.93. The standard InChI is InChI=1S/C9H16ClN5/c1-14(5-7-3-8(10)4-7)6-9-11-13-15(2)12-9/h7-8H,3-6H2,1-2H3. The molecule has 0 amide bonds. The van der Waals surface area contributed by atoms with Crippen molar-refractivity contribution in [2.45, 2.75) is 24.8 Å². The average molecular weight is 230 g/mol. The van der Waals surface area contributed by atoms with E-state index in [1.54, 1.807) is 7.05 Å². The summed E-state index contributed by atoms with van der Waals surface area (Å²) in [6.45, 7) is 1.83. The fraction of sp³-hybridized carbons (Fsp3) is 0.889. The molecule has 1 aliphatic rings. The summed E-state index contributed by atoms with van der Waals surface area (Å²) in [4.78, 5) is 3.71. The molecule has 1 aromatic rings. The van der Waals surface area contributed by atoms with Gasteiger partial charge in [-0.15, -0.1) is 21.8 Å². The Kier molecular flexibility index (Phi) is 3.21. The van der Waals surface area contributed by atoms with Crippen LogP contribution < -0.4 is 0 Å². The van der Waals surface area contributed by atoms with Crippen LogP contribution in [-0.4, -0.2) is 44.1 Å². The normalized spacial score (nSPS) is 25.6. The molecule has 15 heavy (non-hydrogen) atoms. The first kappa shape index (κ1) is 10.8. The van der Waals surface area contributed by atoms with Gasteiger partial charge in [-0.05, 0) is 31.0 Å². The van der Waals surface area contributed by atoms with E-state index >= 15 is 0 Å². The van der Waals surface area contributed by atoms with Crippen molar-refractivity contribution in [1.29, 1.82) is 0 Å². The Balaban J connectivity index is 1.75. The summed E-state index contributed by atoms with van der Waals surface area (Å²) >= 11 is 5.93. The van der Waals surface area contributed by atoms with Crippen molar-refractivity contribution in [3.05, 3.63) is 5.82 Å². The predicted molar refractivity (Wildman–Crippen MR) is 57.5 cm³/mol. The van der Waals surface area contributed by atoms with E-state index in [9.17, 15) is 0 Å². The quantitative estimate of drug-likeness (QED) is 0.712. The predicted octanol–water partition coefficient (Wildman–Crippen LogP) is 0.659. The maximum atomic E-state index is 5.93. The van der Waals surface area contributed by atoms with E-state index in [1.807, 2.05) is 0 Å². The van der Waals surface area contributed by atoms with Gasteiger partial charge in [-0.3, -0.25) is 4.90 Å².